The van der Waals surface area contributed by atoms with Gasteiger partial charge in [0.15, 0.2) is 5.82 Å². The molecule has 0 radical (unpaired) electrons. The van der Waals surface area contributed by atoms with Gasteiger partial charge in [-0.3, -0.25) is 14.6 Å². The Hall–Kier alpha value is -3.71. The highest BCUT2D eigenvalue weighted by Crippen LogP contribution is 2.31. The number of anilines is 1. The van der Waals surface area contributed by atoms with Gasteiger partial charge < -0.3 is 14.6 Å². The van der Waals surface area contributed by atoms with Gasteiger partial charge in [0, 0.05) is 34.4 Å². The largest absolute Gasteiger partial charge is 0.497 e. The second kappa shape index (κ2) is 8.80. The molecular formula is C24H19ClFN3O3. The third kappa shape index (κ3) is 4.07. The molecule has 0 aliphatic carbocycles. The number of nitrogens with one attached hydrogen (secondary N) is 1. The van der Waals surface area contributed by atoms with Crippen LogP contribution in [-0.4, -0.2) is 28.4 Å². The Morgan fingerprint density at radius 1 is 1.16 bits per heavy atom. The van der Waals surface area contributed by atoms with E-state index in [1.807, 2.05) is 22.8 Å². The lowest BCUT2D eigenvalue weighted by molar-refractivity contribution is -0.112. The monoisotopic (exact) mass is 451 g/mol. The molecule has 0 saturated carbocycles. The number of nitrogens with zero attached hydrogens (tertiary/aromatic N) is 2. The van der Waals surface area contributed by atoms with Gasteiger partial charge in [0.1, 0.15) is 5.75 Å². The van der Waals surface area contributed by atoms with Crippen LogP contribution in [0.5, 0.6) is 5.75 Å². The van der Waals surface area contributed by atoms with Crippen LogP contribution in [0, 0.1) is 12.7 Å². The molecule has 0 saturated heterocycles. The Balaban J connectivity index is 1.78. The maximum Gasteiger partial charge on any atom is 0.296 e. The lowest BCUT2D eigenvalue weighted by Crippen LogP contribution is -2.24. The summed E-state index contributed by atoms with van der Waals surface area (Å²) in [7, 11) is 1.53. The minimum absolute atomic E-state index is 0.113. The second-order valence-corrected chi connectivity index (χ2v) is 7.63. The number of benzene rings is 2. The number of hydrogen-bond donors (Lipinski definition) is 1. The predicted molar refractivity (Wildman–Crippen MR) is 121 cm³/mol. The topological polar surface area (TPSA) is 73.2 Å². The molecule has 6 nitrogen and oxygen atoms in total. The number of amides is 1. The Kier molecular flexibility index (Phi) is 5.92. The average molecular weight is 452 g/mol. The highest BCUT2D eigenvalue weighted by atomic mass is 35.5. The van der Waals surface area contributed by atoms with Crippen molar-refractivity contribution in [2.45, 2.75) is 13.5 Å². The molecule has 0 aliphatic heterocycles. The molecule has 1 amide bonds. The summed E-state index contributed by atoms with van der Waals surface area (Å²) >= 11 is 5.99. The summed E-state index contributed by atoms with van der Waals surface area (Å²) in [4.78, 5) is 29.5. The summed E-state index contributed by atoms with van der Waals surface area (Å²) in [6.45, 7) is 2.25. The van der Waals surface area contributed by atoms with Gasteiger partial charge in [-0.25, -0.2) is 4.39 Å². The molecule has 2 aromatic carbocycles. The Morgan fingerprint density at radius 2 is 1.91 bits per heavy atom. The number of ether oxygens (including phenoxy) is 1. The zero-order valence-corrected chi connectivity index (χ0v) is 18.1. The number of carbonyl (C=O) groups is 2. The Labute approximate surface area is 188 Å². The van der Waals surface area contributed by atoms with E-state index in [2.05, 4.69) is 10.3 Å². The first-order valence-corrected chi connectivity index (χ1v) is 10.1. The maximum absolute atomic E-state index is 13.9. The molecule has 0 unspecified atom stereocenters. The molecule has 8 heteroatoms. The molecule has 0 spiro atoms. The third-order valence-electron chi connectivity index (χ3n) is 5.24. The summed E-state index contributed by atoms with van der Waals surface area (Å²) in [5, 5.41) is 3.54. The molecule has 2 heterocycles. The first kappa shape index (κ1) is 21.5. The molecule has 162 valence electrons. The number of rotatable bonds is 6. The maximum atomic E-state index is 13.9. The smallest absolute Gasteiger partial charge is 0.296 e. The Morgan fingerprint density at radius 3 is 2.59 bits per heavy atom. The molecular weight excluding hydrogens is 433 g/mol. The minimum atomic E-state index is -0.938. The predicted octanol–water partition coefficient (Wildman–Crippen LogP) is 5.02. The first-order valence-electron chi connectivity index (χ1n) is 9.75. The molecule has 2 aromatic heterocycles. The van der Waals surface area contributed by atoms with Gasteiger partial charge in [-0.1, -0.05) is 23.7 Å². The SMILES string of the molecule is COc1ccc2c(c1)c(C(=O)C(=O)Nc1ccncc1F)c(C)n2Cc1ccc(Cl)cc1. The molecule has 32 heavy (non-hydrogen) atoms. The molecule has 0 bridgehead atoms. The van der Waals surface area contributed by atoms with Gasteiger partial charge in [-0.2, -0.15) is 0 Å². The van der Waals surface area contributed by atoms with Crippen LogP contribution in [0.3, 0.4) is 0 Å². The average Bonchev–Trinajstić information content (AvgIpc) is 3.06. The summed E-state index contributed by atoms with van der Waals surface area (Å²) in [6, 6.07) is 14.0. The number of ketones is 1. The number of aromatic nitrogens is 2. The van der Waals surface area contributed by atoms with Crippen molar-refractivity contribution in [2.24, 2.45) is 0 Å². The molecule has 4 rings (SSSR count). The van der Waals surface area contributed by atoms with Crippen LogP contribution >= 0.6 is 11.6 Å². The van der Waals surface area contributed by atoms with E-state index in [9.17, 15) is 14.0 Å². The van der Waals surface area contributed by atoms with Crippen LogP contribution < -0.4 is 10.1 Å². The number of methoxy groups -OCH3 is 1. The number of carbonyl (C=O) groups excluding carboxylic acids is 2. The van der Waals surface area contributed by atoms with Gasteiger partial charge in [0.2, 0.25) is 0 Å². The summed E-state index contributed by atoms with van der Waals surface area (Å²) in [6.07, 6.45) is 2.30. The number of Topliss-reactive ketones (excluding diaryl/α,β-unsaturated/α-hetero) is 1. The molecule has 1 N–H and O–H groups in total. The van der Waals surface area contributed by atoms with E-state index in [1.165, 1.54) is 19.4 Å². The van der Waals surface area contributed by atoms with Crippen molar-refractivity contribution in [1.82, 2.24) is 9.55 Å². The van der Waals surface area contributed by atoms with E-state index in [1.54, 1.807) is 31.2 Å². The standard InChI is InChI=1S/C24H19ClFN3O3/c1-14-22(23(30)24(31)28-20-9-10-27-12-19(20)26)18-11-17(32-2)7-8-21(18)29(14)13-15-3-5-16(25)6-4-15/h3-12H,13H2,1-2H3,(H,27,28,31). The van der Waals surface area contributed by atoms with Crippen molar-refractivity contribution in [1.29, 1.82) is 0 Å². The zero-order chi connectivity index (χ0) is 22.8. The van der Waals surface area contributed by atoms with Crippen molar-refractivity contribution in [3.8, 4) is 5.75 Å². The Bertz CT molecular complexity index is 1330. The van der Waals surface area contributed by atoms with E-state index in [-0.39, 0.29) is 11.3 Å². The molecule has 4 aromatic rings. The normalized spacial score (nSPS) is 10.9. The summed E-state index contributed by atoms with van der Waals surface area (Å²) < 4.78 is 21.2. The lowest BCUT2D eigenvalue weighted by atomic mass is 10.1. The van der Waals surface area contributed by atoms with E-state index in [4.69, 9.17) is 16.3 Å². The van der Waals surface area contributed by atoms with Crippen LogP contribution in [0.4, 0.5) is 10.1 Å². The zero-order valence-electron chi connectivity index (χ0n) is 17.4. The van der Waals surface area contributed by atoms with Crippen LogP contribution in [-0.2, 0) is 11.3 Å². The summed E-state index contributed by atoms with van der Waals surface area (Å²) in [5.41, 5.74) is 2.48. The van der Waals surface area contributed by atoms with Gasteiger partial charge in [-0.15, -0.1) is 0 Å². The van der Waals surface area contributed by atoms with Crippen LogP contribution in [0.15, 0.2) is 60.9 Å². The lowest BCUT2D eigenvalue weighted by Gasteiger charge is -2.09. The van der Waals surface area contributed by atoms with Crippen LogP contribution in [0.1, 0.15) is 21.6 Å². The highest BCUT2D eigenvalue weighted by molar-refractivity contribution is 6.48. The van der Waals surface area contributed by atoms with Crippen molar-refractivity contribution in [3.05, 3.63) is 88.6 Å². The van der Waals surface area contributed by atoms with Gasteiger partial charge in [0.25, 0.3) is 11.7 Å². The van der Waals surface area contributed by atoms with Gasteiger partial charge >= 0.3 is 0 Å². The van der Waals surface area contributed by atoms with E-state index in [0.717, 1.165) is 17.3 Å². The fraction of sp³-hybridized carbons (Fsp3) is 0.125. The van der Waals surface area contributed by atoms with Crippen molar-refractivity contribution >= 4 is 39.9 Å². The number of pyridine rings is 1. The number of halogens is 2. The van der Waals surface area contributed by atoms with E-state index < -0.39 is 17.5 Å². The van der Waals surface area contributed by atoms with E-state index in [0.29, 0.717) is 28.4 Å². The molecule has 0 aliphatic rings. The second-order valence-electron chi connectivity index (χ2n) is 7.19. The van der Waals surface area contributed by atoms with Crippen LogP contribution in [0.25, 0.3) is 10.9 Å². The summed E-state index contributed by atoms with van der Waals surface area (Å²) in [5.74, 6) is -1.88. The van der Waals surface area contributed by atoms with Crippen LogP contribution in [0.2, 0.25) is 5.02 Å². The minimum Gasteiger partial charge on any atom is -0.497 e. The number of fused-ring (bicyclic) bond motifs is 1. The van der Waals surface area contributed by atoms with Crippen molar-refractivity contribution in [3.63, 3.8) is 0 Å². The van der Waals surface area contributed by atoms with E-state index >= 15 is 0 Å². The number of hydrogen-bond acceptors (Lipinski definition) is 4. The van der Waals surface area contributed by atoms with Crippen molar-refractivity contribution in [2.75, 3.05) is 12.4 Å². The highest BCUT2D eigenvalue weighted by Gasteiger charge is 2.26. The quantitative estimate of drug-likeness (QED) is 0.330. The van der Waals surface area contributed by atoms with Crippen molar-refractivity contribution < 1.29 is 18.7 Å². The fourth-order valence-electron chi connectivity index (χ4n) is 3.62. The third-order valence-corrected chi connectivity index (χ3v) is 5.49. The van der Waals surface area contributed by atoms with Gasteiger partial charge in [-0.05, 0) is 48.9 Å². The molecule has 0 atom stereocenters. The first-order chi connectivity index (χ1) is 15.4. The fourth-order valence-corrected chi connectivity index (χ4v) is 3.75. The molecule has 0 fully saturated rings. The van der Waals surface area contributed by atoms with Gasteiger partial charge in [0.05, 0.1) is 24.6 Å².